The van der Waals surface area contributed by atoms with Crippen LogP contribution in [-0.4, -0.2) is 10.1 Å². The summed E-state index contributed by atoms with van der Waals surface area (Å²) in [6.07, 6.45) is -8.16. The minimum atomic E-state index is -4.72. The van der Waals surface area contributed by atoms with E-state index in [-0.39, 0.29) is 11.1 Å². The molecule has 0 fully saturated rings. The molecule has 0 atom stereocenters. The molecule has 0 amide bonds. The summed E-state index contributed by atoms with van der Waals surface area (Å²) in [4.78, 5) is 3.52. The van der Waals surface area contributed by atoms with Crippen LogP contribution in [0.1, 0.15) is 16.8 Å². The van der Waals surface area contributed by atoms with E-state index in [0.29, 0.717) is 0 Å². The lowest BCUT2D eigenvalue weighted by Gasteiger charge is -2.13. The number of nitrogens with zero attached hydrogens (tertiary/aromatic N) is 1. The Kier molecular flexibility index (Phi) is 4.15. The smallest absolute Gasteiger partial charge is 0.390 e. The normalized spacial score (nSPS) is 12.5. The third-order valence-corrected chi connectivity index (χ3v) is 2.97. The van der Waals surface area contributed by atoms with Crippen LogP contribution in [0.4, 0.5) is 26.3 Å². The summed E-state index contributed by atoms with van der Waals surface area (Å²) >= 11 is 0. The Balaban J connectivity index is 2.45. The van der Waals surface area contributed by atoms with Gasteiger partial charge in [0, 0.05) is 11.8 Å². The van der Waals surface area contributed by atoms with Gasteiger partial charge in [0.2, 0.25) is 0 Å². The lowest BCUT2D eigenvalue weighted by Crippen LogP contribution is -2.11. The molecule has 8 heteroatoms. The minimum absolute atomic E-state index is 0.0123. The maximum Gasteiger partial charge on any atom is 0.418 e. The largest absolute Gasteiger partial charge is 0.418 e. The van der Waals surface area contributed by atoms with E-state index in [2.05, 4.69) is 4.98 Å². The molecule has 22 heavy (non-hydrogen) atoms. The molecule has 0 aliphatic heterocycles. The van der Waals surface area contributed by atoms with E-state index in [4.69, 9.17) is 5.11 Å². The zero-order valence-electron chi connectivity index (χ0n) is 10.8. The summed E-state index contributed by atoms with van der Waals surface area (Å²) in [5.74, 6) is 0. The van der Waals surface area contributed by atoms with Gasteiger partial charge in [-0.05, 0) is 23.8 Å². The van der Waals surface area contributed by atoms with E-state index >= 15 is 0 Å². The van der Waals surface area contributed by atoms with Crippen molar-refractivity contribution in [2.75, 3.05) is 0 Å². The highest BCUT2D eigenvalue weighted by Gasteiger charge is 2.34. The zero-order chi connectivity index (χ0) is 16.5. The Hall–Kier alpha value is -2.09. The van der Waals surface area contributed by atoms with Crippen LogP contribution in [-0.2, 0) is 19.0 Å². The van der Waals surface area contributed by atoms with Crippen LogP contribution in [0, 0.1) is 0 Å². The van der Waals surface area contributed by atoms with Crippen molar-refractivity contribution in [2.24, 2.45) is 0 Å². The molecule has 0 spiro atoms. The third-order valence-electron chi connectivity index (χ3n) is 2.97. The number of hydrogen-bond acceptors (Lipinski definition) is 2. The van der Waals surface area contributed by atoms with Crippen LogP contribution in [0.15, 0.2) is 36.5 Å². The molecule has 1 aromatic carbocycles. The van der Waals surface area contributed by atoms with Gasteiger partial charge in [0.1, 0.15) is 0 Å². The second-order valence-electron chi connectivity index (χ2n) is 4.45. The van der Waals surface area contributed by atoms with Crippen LogP contribution in [0.5, 0.6) is 0 Å². The molecule has 2 nitrogen and oxygen atoms in total. The van der Waals surface area contributed by atoms with Gasteiger partial charge in [-0.1, -0.05) is 12.1 Å². The molecule has 0 aliphatic carbocycles. The number of benzene rings is 1. The molecule has 118 valence electrons. The highest BCUT2D eigenvalue weighted by atomic mass is 19.4. The SMILES string of the molecule is OCc1ncc(-c2ccc(C(F)(F)F)cc2)cc1C(F)(F)F. The van der Waals surface area contributed by atoms with E-state index in [1.54, 1.807) is 0 Å². The molecule has 1 N–H and O–H groups in total. The van der Waals surface area contributed by atoms with Crippen LogP contribution in [0.2, 0.25) is 0 Å². The summed E-state index contributed by atoms with van der Waals surface area (Å²) in [6, 6.07) is 4.45. The Morgan fingerprint density at radius 1 is 0.864 bits per heavy atom. The summed E-state index contributed by atoms with van der Waals surface area (Å²) < 4.78 is 75.9. The van der Waals surface area contributed by atoms with Gasteiger partial charge >= 0.3 is 12.4 Å². The average Bonchev–Trinajstić information content (AvgIpc) is 2.45. The number of rotatable bonds is 2. The summed E-state index contributed by atoms with van der Waals surface area (Å²) in [5, 5.41) is 8.88. The number of aromatic nitrogens is 1. The lowest BCUT2D eigenvalue weighted by atomic mass is 10.0. The van der Waals surface area contributed by atoms with Gasteiger partial charge < -0.3 is 5.11 Å². The minimum Gasteiger partial charge on any atom is -0.390 e. The van der Waals surface area contributed by atoms with Crippen LogP contribution >= 0.6 is 0 Å². The van der Waals surface area contributed by atoms with E-state index < -0.39 is 35.8 Å². The predicted molar refractivity (Wildman–Crippen MR) is 65.6 cm³/mol. The first-order valence-electron chi connectivity index (χ1n) is 5.97. The van der Waals surface area contributed by atoms with E-state index in [9.17, 15) is 26.3 Å². The first-order valence-corrected chi connectivity index (χ1v) is 5.97. The van der Waals surface area contributed by atoms with Gasteiger partial charge in [-0.25, -0.2) is 0 Å². The molecular formula is C14H9F6NO. The number of aliphatic hydroxyl groups excluding tert-OH is 1. The number of aliphatic hydroxyl groups is 1. The molecule has 0 aliphatic rings. The Labute approximate surface area is 121 Å². The van der Waals surface area contributed by atoms with Crippen molar-refractivity contribution in [3.63, 3.8) is 0 Å². The molecule has 2 rings (SSSR count). The Morgan fingerprint density at radius 2 is 1.45 bits per heavy atom. The standard InChI is InChI=1S/C14H9F6NO/c15-13(16,17)10-3-1-8(2-4-10)9-5-11(14(18,19)20)12(7-22)21-6-9/h1-6,22H,7H2. The molecule has 2 aromatic rings. The third kappa shape index (κ3) is 3.38. The van der Waals surface area contributed by atoms with Crippen molar-refractivity contribution >= 4 is 0 Å². The van der Waals surface area contributed by atoms with Crippen molar-refractivity contribution in [1.82, 2.24) is 4.98 Å². The summed E-state index contributed by atoms with van der Waals surface area (Å²) in [5.41, 5.74) is -2.38. The highest BCUT2D eigenvalue weighted by Crippen LogP contribution is 2.35. The van der Waals surface area contributed by atoms with Gasteiger partial charge in [0.05, 0.1) is 23.4 Å². The monoisotopic (exact) mass is 321 g/mol. The number of alkyl halides is 6. The molecule has 1 heterocycles. The summed E-state index contributed by atoms with van der Waals surface area (Å²) in [7, 11) is 0. The average molecular weight is 321 g/mol. The zero-order valence-corrected chi connectivity index (χ0v) is 10.8. The predicted octanol–water partition coefficient (Wildman–Crippen LogP) is 4.28. The van der Waals surface area contributed by atoms with E-state index in [0.717, 1.165) is 36.5 Å². The van der Waals surface area contributed by atoms with Crippen molar-refractivity contribution < 1.29 is 31.4 Å². The van der Waals surface area contributed by atoms with Gasteiger partial charge in [0.15, 0.2) is 0 Å². The molecule has 0 saturated heterocycles. The fourth-order valence-electron chi connectivity index (χ4n) is 1.87. The highest BCUT2D eigenvalue weighted by molar-refractivity contribution is 5.64. The molecule has 1 aromatic heterocycles. The number of hydrogen-bond donors (Lipinski definition) is 1. The summed E-state index contributed by atoms with van der Waals surface area (Å²) in [6.45, 7) is -0.887. The van der Waals surface area contributed by atoms with Gasteiger partial charge in [-0.3, -0.25) is 4.98 Å². The first kappa shape index (κ1) is 16.3. The second-order valence-corrected chi connectivity index (χ2v) is 4.45. The first-order chi connectivity index (χ1) is 10.1. The van der Waals surface area contributed by atoms with Crippen molar-refractivity contribution in [2.45, 2.75) is 19.0 Å². The fraction of sp³-hybridized carbons (Fsp3) is 0.214. The Bertz CT molecular complexity index is 661. The van der Waals surface area contributed by atoms with Crippen molar-refractivity contribution in [3.05, 3.63) is 53.3 Å². The van der Waals surface area contributed by atoms with Crippen LogP contribution in [0.25, 0.3) is 11.1 Å². The topological polar surface area (TPSA) is 33.1 Å². The molecular weight excluding hydrogens is 312 g/mol. The van der Waals surface area contributed by atoms with Gasteiger partial charge in [-0.15, -0.1) is 0 Å². The van der Waals surface area contributed by atoms with Gasteiger partial charge in [0.25, 0.3) is 0 Å². The van der Waals surface area contributed by atoms with Crippen molar-refractivity contribution in [3.8, 4) is 11.1 Å². The number of pyridine rings is 1. The maximum absolute atomic E-state index is 12.9. The molecule has 0 radical (unpaired) electrons. The van der Waals surface area contributed by atoms with E-state index in [1.807, 2.05) is 0 Å². The van der Waals surface area contributed by atoms with E-state index in [1.165, 1.54) is 0 Å². The molecule has 0 saturated carbocycles. The van der Waals surface area contributed by atoms with Crippen LogP contribution in [0.3, 0.4) is 0 Å². The van der Waals surface area contributed by atoms with Crippen molar-refractivity contribution in [1.29, 1.82) is 0 Å². The second kappa shape index (κ2) is 5.60. The van der Waals surface area contributed by atoms with Gasteiger partial charge in [-0.2, -0.15) is 26.3 Å². The fourth-order valence-corrected chi connectivity index (χ4v) is 1.87. The quantitative estimate of drug-likeness (QED) is 0.838. The Morgan fingerprint density at radius 3 is 1.91 bits per heavy atom. The number of halogens is 6. The molecule has 0 bridgehead atoms. The maximum atomic E-state index is 12.9. The molecule has 0 unspecified atom stereocenters. The van der Waals surface area contributed by atoms with Crippen LogP contribution < -0.4 is 0 Å². The lowest BCUT2D eigenvalue weighted by molar-refractivity contribution is -0.139.